The molecule has 0 atom stereocenters. The predicted molar refractivity (Wildman–Crippen MR) is 160 cm³/mol. The largest absolute Gasteiger partial charge is 0.353 e. The Balaban J connectivity index is 1.07. The van der Waals surface area contributed by atoms with Crippen molar-refractivity contribution in [3.8, 4) is 22.5 Å². The third kappa shape index (κ3) is 7.04. The van der Waals surface area contributed by atoms with E-state index in [-0.39, 0.29) is 11.9 Å². The highest BCUT2D eigenvalue weighted by Crippen LogP contribution is 2.30. The summed E-state index contributed by atoms with van der Waals surface area (Å²) in [4.78, 5) is 31.3. The normalized spacial score (nSPS) is 14.4. The standard InChI is InChI=1S/C28H27Cl2N5O2S2/c29-22-8-3-18(14-23(22)30)15-34-12-9-21(10-13-34)32-26(36)17-39-28-33-24(16-38-28)19-4-6-20(7-5-19)25-2-1-11-35(25)27(31)37/h1-8,11,14,16,21H,9-10,12-13,15,17H2,(H2,31,37)(H,32,36). The molecule has 0 aliphatic carbocycles. The third-order valence-electron chi connectivity index (χ3n) is 6.62. The number of carbonyl (C=O) groups is 2. The number of primary amides is 1. The summed E-state index contributed by atoms with van der Waals surface area (Å²) < 4.78 is 2.27. The molecule has 1 saturated heterocycles. The Morgan fingerprint density at radius 1 is 1.05 bits per heavy atom. The molecule has 2 amide bonds. The van der Waals surface area contributed by atoms with Gasteiger partial charge < -0.3 is 11.1 Å². The first-order valence-electron chi connectivity index (χ1n) is 12.5. The highest BCUT2D eigenvalue weighted by molar-refractivity contribution is 8.01. The number of thiazole rings is 1. The lowest BCUT2D eigenvalue weighted by Crippen LogP contribution is -2.44. The number of amides is 2. The van der Waals surface area contributed by atoms with Crippen molar-refractivity contribution in [2.75, 3.05) is 18.8 Å². The highest BCUT2D eigenvalue weighted by Gasteiger charge is 2.21. The molecular weight excluding hydrogens is 573 g/mol. The summed E-state index contributed by atoms with van der Waals surface area (Å²) in [6.45, 7) is 2.66. The minimum absolute atomic E-state index is 0.0292. The van der Waals surface area contributed by atoms with Crippen LogP contribution in [0.5, 0.6) is 0 Å². The van der Waals surface area contributed by atoms with Crippen molar-refractivity contribution in [1.29, 1.82) is 0 Å². The average molecular weight is 601 g/mol. The summed E-state index contributed by atoms with van der Waals surface area (Å²) in [5.41, 5.74) is 10.0. The van der Waals surface area contributed by atoms with Crippen LogP contribution in [0.15, 0.2) is 70.5 Å². The van der Waals surface area contributed by atoms with Gasteiger partial charge in [0.25, 0.3) is 0 Å². The van der Waals surface area contributed by atoms with E-state index in [9.17, 15) is 9.59 Å². The van der Waals surface area contributed by atoms with Gasteiger partial charge in [-0.3, -0.25) is 14.3 Å². The van der Waals surface area contributed by atoms with Crippen molar-refractivity contribution >= 4 is 58.2 Å². The molecule has 1 fully saturated rings. The minimum Gasteiger partial charge on any atom is -0.353 e. The molecule has 0 bridgehead atoms. The molecule has 3 N–H and O–H groups in total. The molecule has 0 unspecified atom stereocenters. The molecule has 11 heteroatoms. The van der Waals surface area contributed by atoms with Crippen LogP contribution in [0.25, 0.3) is 22.5 Å². The first kappa shape index (κ1) is 27.7. The predicted octanol–water partition coefficient (Wildman–Crippen LogP) is 6.39. The number of aromatic nitrogens is 2. The second kappa shape index (κ2) is 12.6. The molecular formula is C28H27Cl2N5O2S2. The number of hydrogen-bond donors (Lipinski definition) is 2. The Kier molecular flexibility index (Phi) is 8.94. The van der Waals surface area contributed by atoms with Crippen LogP contribution in [0, 0.1) is 0 Å². The van der Waals surface area contributed by atoms with Crippen LogP contribution < -0.4 is 11.1 Å². The van der Waals surface area contributed by atoms with Crippen molar-refractivity contribution < 1.29 is 9.59 Å². The maximum atomic E-state index is 12.6. The smallest absolute Gasteiger partial charge is 0.323 e. The fourth-order valence-corrected chi connectivity index (χ4v) is 6.57. The van der Waals surface area contributed by atoms with Gasteiger partial charge in [-0.15, -0.1) is 11.3 Å². The summed E-state index contributed by atoms with van der Waals surface area (Å²) >= 11 is 15.1. The summed E-state index contributed by atoms with van der Waals surface area (Å²) in [5, 5.41) is 6.31. The van der Waals surface area contributed by atoms with Crippen LogP contribution in [-0.2, 0) is 11.3 Å². The number of nitrogens with two attached hydrogens (primary N) is 1. The quantitative estimate of drug-likeness (QED) is 0.229. The Labute approximate surface area is 245 Å². The van der Waals surface area contributed by atoms with E-state index in [4.69, 9.17) is 33.9 Å². The van der Waals surface area contributed by atoms with Crippen molar-refractivity contribution in [1.82, 2.24) is 19.8 Å². The van der Waals surface area contributed by atoms with Crippen LogP contribution in [0.3, 0.4) is 0 Å². The molecule has 1 aliphatic heterocycles. The number of thioether (sulfide) groups is 1. The molecule has 0 radical (unpaired) electrons. The van der Waals surface area contributed by atoms with E-state index >= 15 is 0 Å². The van der Waals surface area contributed by atoms with Gasteiger partial charge in [-0.25, -0.2) is 9.78 Å². The number of piperidine rings is 1. The van der Waals surface area contributed by atoms with Crippen LogP contribution in [-0.4, -0.2) is 51.3 Å². The number of halogens is 2. The van der Waals surface area contributed by atoms with E-state index in [0.717, 1.165) is 64.9 Å². The molecule has 5 rings (SSSR count). The fourth-order valence-electron chi connectivity index (χ4n) is 4.60. The lowest BCUT2D eigenvalue weighted by atomic mass is 10.0. The molecule has 1 aliphatic rings. The third-order valence-corrected chi connectivity index (χ3v) is 9.38. The second-order valence-electron chi connectivity index (χ2n) is 9.33. The Hall–Kier alpha value is -2.82. The zero-order valence-corrected chi connectivity index (χ0v) is 24.1. The van der Waals surface area contributed by atoms with Crippen LogP contribution >= 0.6 is 46.3 Å². The van der Waals surface area contributed by atoms with E-state index in [1.54, 1.807) is 12.3 Å². The minimum atomic E-state index is -0.519. The monoisotopic (exact) mass is 599 g/mol. The zero-order valence-electron chi connectivity index (χ0n) is 21.0. The number of nitrogens with one attached hydrogen (secondary N) is 1. The van der Waals surface area contributed by atoms with Gasteiger partial charge in [0, 0.05) is 42.8 Å². The molecule has 202 valence electrons. The van der Waals surface area contributed by atoms with E-state index in [1.807, 2.05) is 53.9 Å². The second-order valence-corrected chi connectivity index (χ2v) is 12.2. The number of carbonyl (C=O) groups excluding carboxylic acids is 2. The van der Waals surface area contributed by atoms with Crippen molar-refractivity contribution in [2.24, 2.45) is 5.73 Å². The van der Waals surface area contributed by atoms with Crippen molar-refractivity contribution in [3.05, 3.63) is 81.8 Å². The van der Waals surface area contributed by atoms with Gasteiger partial charge in [0.15, 0.2) is 4.34 Å². The van der Waals surface area contributed by atoms with Gasteiger partial charge in [-0.05, 0) is 48.2 Å². The zero-order chi connectivity index (χ0) is 27.4. The molecule has 39 heavy (non-hydrogen) atoms. The molecule has 0 spiro atoms. The summed E-state index contributed by atoms with van der Waals surface area (Å²) in [6, 6.07) is 16.9. The maximum Gasteiger partial charge on any atom is 0.323 e. The van der Waals surface area contributed by atoms with Gasteiger partial charge >= 0.3 is 6.03 Å². The first-order valence-corrected chi connectivity index (χ1v) is 15.1. The van der Waals surface area contributed by atoms with Crippen LogP contribution in [0.4, 0.5) is 4.79 Å². The summed E-state index contributed by atoms with van der Waals surface area (Å²) in [7, 11) is 0. The van der Waals surface area contributed by atoms with E-state index in [1.165, 1.54) is 27.7 Å². The topological polar surface area (TPSA) is 93.2 Å². The number of nitrogens with zero attached hydrogens (tertiary/aromatic N) is 3. The molecule has 7 nitrogen and oxygen atoms in total. The highest BCUT2D eigenvalue weighted by atomic mass is 35.5. The van der Waals surface area contributed by atoms with E-state index in [0.29, 0.717) is 15.8 Å². The number of benzene rings is 2. The lowest BCUT2D eigenvalue weighted by molar-refractivity contribution is -0.119. The summed E-state index contributed by atoms with van der Waals surface area (Å²) in [6.07, 6.45) is 3.48. The number of hydrogen-bond acceptors (Lipinski definition) is 6. The van der Waals surface area contributed by atoms with E-state index < -0.39 is 6.03 Å². The Morgan fingerprint density at radius 2 is 1.79 bits per heavy atom. The van der Waals surface area contributed by atoms with Crippen LogP contribution in [0.2, 0.25) is 10.0 Å². The first-order chi connectivity index (χ1) is 18.9. The van der Waals surface area contributed by atoms with Gasteiger partial charge in [0.05, 0.1) is 27.2 Å². The van der Waals surface area contributed by atoms with Gasteiger partial charge in [-0.1, -0.05) is 65.3 Å². The molecule has 2 aromatic carbocycles. The SMILES string of the molecule is NC(=O)n1cccc1-c1ccc(-c2csc(SCC(=O)NC3CCN(Cc4ccc(Cl)c(Cl)c4)CC3)n2)cc1. The van der Waals surface area contributed by atoms with Gasteiger partial charge in [-0.2, -0.15) is 0 Å². The molecule has 3 heterocycles. The molecule has 2 aromatic heterocycles. The van der Waals surface area contributed by atoms with Gasteiger partial charge in [0.2, 0.25) is 5.91 Å². The lowest BCUT2D eigenvalue weighted by Gasteiger charge is -2.32. The van der Waals surface area contributed by atoms with Crippen molar-refractivity contribution in [2.45, 2.75) is 29.8 Å². The summed E-state index contributed by atoms with van der Waals surface area (Å²) in [5.74, 6) is 0.362. The molecule has 0 saturated carbocycles. The van der Waals surface area contributed by atoms with E-state index in [2.05, 4.69) is 10.2 Å². The van der Waals surface area contributed by atoms with Crippen molar-refractivity contribution in [3.63, 3.8) is 0 Å². The van der Waals surface area contributed by atoms with Crippen LogP contribution in [0.1, 0.15) is 18.4 Å². The molecule has 4 aromatic rings. The van der Waals surface area contributed by atoms with Gasteiger partial charge in [0.1, 0.15) is 0 Å². The Morgan fingerprint density at radius 3 is 2.51 bits per heavy atom. The number of likely N-dealkylation sites (tertiary alicyclic amines) is 1. The fraction of sp³-hybridized carbons (Fsp3) is 0.250. The average Bonchev–Trinajstić information content (AvgIpc) is 3.61. The maximum absolute atomic E-state index is 12.6. The number of rotatable bonds is 8. The Bertz CT molecular complexity index is 1460.